The summed E-state index contributed by atoms with van der Waals surface area (Å²) in [6.07, 6.45) is -1.00. The molecule has 1 N–H and O–H groups in total. The van der Waals surface area contributed by atoms with Gasteiger partial charge in [-0.25, -0.2) is 9.78 Å². The number of carbonyl (C=O) groups excluding carboxylic acids is 1. The van der Waals surface area contributed by atoms with Crippen molar-refractivity contribution in [3.63, 3.8) is 0 Å². The van der Waals surface area contributed by atoms with Crippen LogP contribution in [0.3, 0.4) is 0 Å². The molecular weight excluding hydrogens is 296 g/mol. The van der Waals surface area contributed by atoms with E-state index in [-0.39, 0.29) is 24.7 Å². The predicted molar refractivity (Wildman–Crippen MR) is 85.1 cm³/mol. The number of hydrogen-bond donors (Lipinski definition) is 1. The smallest absolute Gasteiger partial charge is 0.357 e. The molecule has 0 aliphatic rings. The van der Waals surface area contributed by atoms with Crippen LogP contribution in [0.2, 0.25) is 0 Å². The maximum atomic E-state index is 12.3. The Morgan fingerprint density at radius 1 is 1.26 bits per heavy atom. The highest BCUT2D eigenvalue weighted by atomic mass is 16.5. The number of ether oxygens (including phenoxy) is 2. The van der Waals surface area contributed by atoms with Gasteiger partial charge in [0, 0.05) is 6.61 Å². The Kier molecular flexibility index (Phi) is 5.90. The van der Waals surface area contributed by atoms with Gasteiger partial charge in [0.2, 0.25) is 0 Å². The Hall–Kier alpha value is -2.18. The average molecular weight is 318 g/mol. The number of imidazole rings is 1. The van der Waals surface area contributed by atoms with Crippen molar-refractivity contribution >= 4 is 5.97 Å². The molecule has 124 valence electrons. The second-order valence-electron chi connectivity index (χ2n) is 4.98. The first-order valence-electron chi connectivity index (χ1n) is 7.65. The number of carbonyl (C=O) groups is 1. The van der Waals surface area contributed by atoms with Crippen LogP contribution in [-0.4, -0.2) is 33.8 Å². The van der Waals surface area contributed by atoms with Crippen LogP contribution in [0, 0.1) is 6.92 Å². The molecule has 0 saturated carbocycles. The molecule has 1 aromatic carbocycles. The van der Waals surface area contributed by atoms with E-state index < -0.39 is 12.1 Å². The van der Waals surface area contributed by atoms with E-state index in [0.29, 0.717) is 18.0 Å². The molecular formula is C17H22N2O4. The highest BCUT2D eigenvalue weighted by Gasteiger charge is 2.27. The fraction of sp³-hybridized carbons (Fsp3) is 0.412. The van der Waals surface area contributed by atoms with E-state index in [0.717, 1.165) is 0 Å². The summed E-state index contributed by atoms with van der Waals surface area (Å²) in [4.78, 5) is 16.7. The summed E-state index contributed by atoms with van der Waals surface area (Å²) in [6.45, 7) is 6.32. The molecule has 1 unspecified atom stereocenters. The van der Waals surface area contributed by atoms with Crippen molar-refractivity contribution in [2.24, 2.45) is 0 Å². The third-order valence-electron chi connectivity index (χ3n) is 3.45. The first-order valence-corrected chi connectivity index (χ1v) is 7.65. The van der Waals surface area contributed by atoms with E-state index >= 15 is 0 Å². The van der Waals surface area contributed by atoms with Crippen LogP contribution in [0.25, 0.3) is 0 Å². The lowest BCUT2D eigenvalue weighted by atomic mass is 10.1. The second kappa shape index (κ2) is 7.89. The Bertz CT molecular complexity index is 652. The van der Waals surface area contributed by atoms with Crippen LogP contribution in [0.5, 0.6) is 0 Å². The number of nitrogens with zero attached hydrogens (tertiary/aromatic N) is 2. The summed E-state index contributed by atoms with van der Waals surface area (Å²) >= 11 is 0. The summed E-state index contributed by atoms with van der Waals surface area (Å²) in [6, 6.07) is 9.09. The van der Waals surface area contributed by atoms with Gasteiger partial charge in [0.05, 0.1) is 6.61 Å². The zero-order chi connectivity index (χ0) is 16.8. The van der Waals surface area contributed by atoms with Crippen LogP contribution in [-0.2, 0) is 16.2 Å². The maximum absolute atomic E-state index is 12.3. The van der Waals surface area contributed by atoms with Gasteiger partial charge >= 0.3 is 5.97 Å². The number of aliphatic hydroxyl groups is 1. The number of aromatic nitrogens is 2. The number of rotatable bonds is 7. The normalized spacial score (nSPS) is 12.2. The van der Waals surface area contributed by atoms with Crippen LogP contribution < -0.4 is 0 Å². The lowest BCUT2D eigenvalue weighted by molar-refractivity contribution is 0.0464. The first-order chi connectivity index (χ1) is 11.1. The van der Waals surface area contributed by atoms with Crippen molar-refractivity contribution in [2.75, 3.05) is 13.2 Å². The largest absolute Gasteiger partial charge is 0.461 e. The monoisotopic (exact) mass is 318 g/mol. The van der Waals surface area contributed by atoms with Crippen molar-refractivity contribution in [2.45, 2.75) is 33.6 Å². The number of benzene rings is 1. The number of esters is 1. The minimum atomic E-state index is -1.00. The highest BCUT2D eigenvalue weighted by molar-refractivity contribution is 5.89. The lowest BCUT2D eigenvalue weighted by Gasteiger charge is -2.13. The summed E-state index contributed by atoms with van der Waals surface area (Å²) in [5.74, 6) is 0.0734. The van der Waals surface area contributed by atoms with Crippen LogP contribution in [0.1, 0.15) is 47.5 Å². The standard InChI is InChI=1S/C17H22N2O4/c1-4-22-11-19-12(3)18-14(15(19)17(21)23-5-2)16(20)13-9-7-6-8-10-13/h6-10,16,20H,4-5,11H2,1-3H3. The van der Waals surface area contributed by atoms with Gasteiger partial charge < -0.3 is 14.6 Å². The van der Waals surface area contributed by atoms with E-state index in [2.05, 4.69) is 4.98 Å². The second-order valence-corrected chi connectivity index (χ2v) is 4.98. The Morgan fingerprint density at radius 2 is 1.96 bits per heavy atom. The molecule has 1 heterocycles. The molecule has 0 bridgehead atoms. The van der Waals surface area contributed by atoms with Crippen molar-refractivity contribution in [3.05, 3.63) is 53.1 Å². The van der Waals surface area contributed by atoms with Gasteiger partial charge in [-0.2, -0.15) is 0 Å². The third kappa shape index (κ3) is 3.78. The summed E-state index contributed by atoms with van der Waals surface area (Å²) in [5.41, 5.74) is 1.18. The van der Waals surface area contributed by atoms with E-state index in [1.165, 1.54) is 0 Å². The first kappa shape index (κ1) is 17.2. The van der Waals surface area contributed by atoms with E-state index in [9.17, 15) is 9.90 Å². The molecule has 0 amide bonds. The van der Waals surface area contributed by atoms with Gasteiger partial charge in [0.1, 0.15) is 24.4 Å². The molecule has 2 rings (SSSR count). The van der Waals surface area contributed by atoms with Gasteiger partial charge in [-0.05, 0) is 26.3 Å². The van der Waals surface area contributed by atoms with Gasteiger partial charge in [0.15, 0.2) is 5.69 Å². The molecule has 1 atom stereocenters. The minimum absolute atomic E-state index is 0.186. The lowest BCUT2D eigenvalue weighted by Crippen LogP contribution is -2.17. The highest BCUT2D eigenvalue weighted by Crippen LogP contribution is 2.26. The van der Waals surface area contributed by atoms with Crippen molar-refractivity contribution in [1.82, 2.24) is 9.55 Å². The SMILES string of the molecule is CCOCn1c(C)nc(C(O)c2ccccc2)c1C(=O)OCC. The third-order valence-corrected chi connectivity index (χ3v) is 3.45. The van der Waals surface area contributed by atoms with Crippen molar-refractivity contribution in [1.29, 1.82) is 0 Å². The molecule has 0 saturated heterocycles. The molecule has 0 radical (unpaired) electrons. The molecule has 6 heteroatoms. The molecule has 2 aromatic rings. The maximum Gasteiger partial charge on any atom is 0.357 e. The molecule has 0 fully saturated rings. The fourth-order valence-corrected chi connectivity index (χ4v) is 2.33. The number of aliphatic hydroxyl groups excluding tert-OH is 1. The topological polar surface area (TPSA) is 73.6 Å². The fourth-order valence-electron chi connectivity index (χ4n) is 2.33. The van der Waals surface area contributed by atoms with Gasteiger partial charge in [-0.15, -0.1) is 0 Å². The van der Waals surface area contributed by atoms with Crippen LogP contribution in [0.15, 0.2) is 30.3 Å². The van der Waals surface area contributed by atoms with E-state index in [4.69, 9.17) is 9.47 Å². The van der Waals surface area contributed by atoms with Gasteiger partial charge in [0.25, 0.3) is 0 Å². The molecule has 0 spiro atoms. The van der Waals surface area contributed by atoms with Crippen LogP contribution in [0.4, 0.5) is 0 Å². The molecule has 6 nitrogen and oxygen atoms in total. The van der Waals surface area contributed by atoms with Gasteiger partial charge in [-0.3, -0.25) is 4.57 Å². The Morgan fingerprint density at radius 3 is 2.57 bits per heavy atom. The Balaban J connectivity index is 2.47. The minimum Gasteiger partial charge on any atom is -0.461 e. The molecule has 1 aromatic heterocycles. The summed E-state index contributed by atoms with van der Waals surface area (Å²) in [5, 5.41) is 10.6. The molecule has 23 heavy (non-hydrogen) atoms. The number of aryl methyl sites for hydroxylation is 1. The molecule has 0 aliphatic heterocycles. The zero-order valence-corrected chi connectivity index (χ0v) is 13.7. The number of hydrogen-bond acceptors (Lipinski definition) is 5. The van der Waals surface area contributed by atoms with Crippen LogP contribution >= 0.6 is 0 Å². The molecule has 0 aliphatic carbocycles. The van der Waals surface area contributed by atoms with Crippen molar-refractivity contribution < 1.29 is 19.4 Å². The quantitative estimate of drug-likeness (QED) is 0.794. The summed E-state index contributed by atoms with van der Waals surface area (Å²) in [7, 11) is 0. The van der Waals surface area contributed by atoms with E-state index in [1.54, 1.807) is 30.5 Å². The zero-order valence-electron chi connectivity index (χ0n) is 13.7. The van der Waals surface area contributed by atoms with Gasteiger partial charge in [-0.1, -0.05) is 30.3 Å². The van der Waals surface area contributed by atoms with E-state index in [1.807, 2.05) is 25.1 Å². The predicted octanol–water partition coefficient (Wildman–Crippen LogP) is 2.44. The average Bonchev–Trinajstić information content (AvgIpc) is 2.89. The summed E-state index contributed by atoms with van der Waals surface area (Å²) < 4.78 is 12.2. The van der Waals surface area contributed by atoms with Crippen molar-refractivity contribution in [3.8, 4) is 0 Å². The Labute approximate surface area is 135 Å².